The molecule has 0 unspecified atom stereocenters. The van der Waals surface area contributed by atoms with Crippen LogP contribution in [0.2, 0.25) is 0 Å². The van der Waals surface area contributed by atoms with Crippen LogP contribution in [0.4, 0.5) is 0 Å². The highest BCUT2D eigenvalue weighted by molar-refractivity contribution is 7.91. The minimum absolute atomic E-state index is 0.0430. The van der Waals surface area contributed by atoms with Crippen molar-refractivity contribution in [1.29, 1.82) is 0 Å². The Morgan fingerprint density at radius 2 is 1.76 bits per heavy atom. The van der Waals surface area contributed by atoms with Crippen LogP contribution in [0, 0.1) is 0 Å². The maximum absolute atomic E-state index is 12.3. The molecule has 0 bridgehead atoms. The molecule has 5 nitrogen and oxygen atoms in total. The number of rotatable bonds is 6. The minimum atomic E-state index is -3.44. The molecule has 3 rings (SSSR count). The molecule has 1 heterocycles. The number of benzene rings is 2. The number of amides is 1. The van der Waals surface area contributed by atoms with Gasteiger partial charge in [0.1, 0.15) is 5.01 Å². The van der Waals surface area contributed by atoms with E-state index in [1.165, 1.54) is 4.90 Å². The van der Waals surface area contributed by atoms with Gasteiger partial charge in [0, 0.05) is 13.5 Å². The third-order valence-corrected chi connectivity index (χ3v) is 6.58. The second-order valence-electron chi connectivity index (χ2n) is 5.71. The van der Waals surface area contributed by atoms with Gasteiger partial charge >= 0.3 is 0 Å². The molecule has 2 aromatic carbocycles. The van der Waals surface area contributed by atoms with Gasteiger partial charge in [-0.2, -0.15) is 0 Å². The fraction of sp³-hybridized carbons (Fsp3) is 0.222. The van der Waals surface area contributed by atoms with Gasteiger partial charge in [0.25, 0.3) is 0 Å². The first-order valence-corrected chi connectivity index (χ1v) is 10.3. The van der Waals surface area contributed by atoms with E-state index < -0.39 is 9.84 Å². The monoisotopic (exact) mass is 374 g/mol. The Labute approximate surface area is 150 Å². The molecule has 0 fully saturated rings. The van der Waals surface area contributed by atoms with Gasteiger partial charge in [0.05, 0.1) is 27.4 Å². The molecule has 7 heteroatoms. The summed E-state index contributed by atoms with van der Waals surface area (Å²) < 4.78 is 25.6. The molecule has 130 valence electrons. The number of thiazole rings is 1. The number of fused-ring (bicyclic) bond motifs is 1. The lowest BCUT2D eigenvalue weighted by Gasteiger charge is -2.15. The van der Waals surface area contributed by atoms with Crippen LogP contribution in [-0.4, -0.2) is 37.0 Å². The van der Waals surface area contributed by atoms with E-state index in [2.05, 4.69) is 4.98 Å². The molecule has 0 radical (unpaired) electrons. The minimum Gasteiger partial charge on any atom is -0.339 e. The molecule has 0 atom stereocenters. The predicted octanol–water partition coefficient (Wildman–Crippen LogP) is 3.12. The molecule has 0 saturated carbocycles. The SMILES string of the molecule is CN(Cc1nc2ccccc2s1)C(=O)CCS(=O)(=O)c1ccccc1. The summed E-state index contributed by atoms with van der Waals surface area (Å²) in [6, 6.07) is 16.0. The summed E-state index contributed by atoms with van der Waals surface area (Å²) in [5.41, 5.74) is 0.912. The standard InChI is InChI=1S/C18H18N2O3S2/c1-20(13-17-19-15-9-5-6-10-16(15)24-17)18(21)11-12-25(22,23)14-7-3-2-4-8-14/h2-10H,11-13H2,1H3. The normalized spacial score (nSPS) is 11.6. The Kier molecular flexibility index (Phi) is 5.15. The summed E-state index contributed by atoms with van der Waals surface area (Å²) in [7, 11) is -1.77. The van der Waals surface area contributed by atoms with Gasteiger partial charge in [-0.3, -0.25) is 4.79 Å². The van der Waals surface area contributed by atoms with Crippen LogP contribution in [0.5, 0.6) is 0 Å². The zero-order valence-corrected chi connectivity index (χ0v) is 15.4. The third-order valence-electron chi connectivity index (χ3n) is 3.82. The first kappa shape index (κ1) is 17.6. The molecular formula is C18H18N2O3S2. The van der Waals surface area contributed by atoms with Gasteiger partial charge in [-0.1, -0.05) is 30.3 Å². The van der Waals surface area contributed by atoms with E-state index in [-0.39, 0.29) is 23.0 Å². The summed E-state index contributed by atoms with van der Waals surface area (Å²) in [5, 5.41) is 0.836. The summed E-state index contributed by atoms with van der Waals surface area (Å²) in [5.74, 6) is -0.404. The third kappa shape index (κ3) is 4.24. The van der Waals surface area contributed by atoms with E-state index in [1.807, 2.05) is 24.3 Å². The van der Waals surface area contributed by atoms with Gasteiger partial charge < -0.3 is 4.90 Å². The number of nitrogens with zero attached hydrogens (tertiary/aromatic N) is 2. The van der Waals surface area contributed by atoms with Crippen LogP contribution in [-0.2, 0) is 21.2 Å². The van der Waals surface area contributed by atoms with Crippen LogP contribution in [0.1, 0.15) is 11.4 Å². The maximum atomic E-state index is 12.3. The Morgan fingerprint density at radius 3 is 2.48 bits per heavy atom. The highest BCUT2D eigenvalue weighted by Crippen LogP contribution is 2.22. The number of hydrogen-bond acceptors (Lipinski definition) is 5. The van der Waals surface area contributed by atoms with Crippen molar-refractivity contribution in [2.45, 2.75) is 17.9 Å². The van der Waals surface area contributed by atoms with Crippen LogP contribution < -0.4 is 0 Å². The van der Waals surface area contributed by atoms with E-state index in [1.54, 1.807) is 48.7 Å². The summed E-state index contributed by atoms with van der Waals surface area (Å²) >= 11 is 1.54. The molecule has 0 aliphatic rings. The smallest absolute Gasteiger partial charge is 0.223 e. The van der Waals surface area contributed by atoms with Crippen LogP contribution in [0.25, 0.3) is 10.2 Å². The van der Waals surface area contributed by atoms with Gasteiger partial charge in [-0.05, 0) is 24.3 Å². The molecule has 0 N–H and O–H groups in total. The zero-order chi connectivity index (χ0) is 17.9. The molecule has 1 amide bonds. The number of para-hydroxylation sites is 1. The van der Waals surface area contributed by atoms with Crippen LogP contribution in [0.15, 0.2) is 59.5 Å². The number of aromatic nitrogens is 1. The van der Waals surface area contributed by atoms with E-state index in [0.717, 1.165) is 15.2 Å². The summed E-state index contributed by atoms with van der Waals surface area (Å²) in [6.07, 6.45) is -0.0430. The number of sulfone groups is 1. The van der Waals surface area contributed by atoms with Crippen molar-refractivity contribution in [3.8, 4) is 0 Å². The summed E-state index contributed by atoms with van der Waals surface area (Å²) in [4.78, 5) is 18.5. The predicted molar refractivity (Wildman–Crippen MR) is 99.2 cm³/mol. The lowest BCUT2D eigenvalue weighted by molar-refractivity contribution is -0.130. The number of hydrogen-bond donors (Lipinski definition) is 0. The molecule has 25 heavy (non-hydrogen) atoms. The first-order valence-electron chi connectivity index (χ1n) is 7.82. The fourth-order valence-electron chi connectivity index (χ4n) is 2.44. The Hall–Kier alpha value is -2.25. The Balaban J connectivity index is 1.61. The Morgan fingerprint density at radius 1 is 1.08 bits per heavy atom. The van der Waals surface area contributed by atoms with Gasteiger partial charge in [-0.15, -0.1) is 11.3 Å². The molecule has 0 aliphatic heterocycles. The van der Waals surface area contributed by atoms with Crippen LogP contribution >= 0.6 is 11.3 Å². The first-order chi connectivity index (χ1) is 12.0. The quantitative estimate of drug-likeness (QED) is 0.665. The van der Waals surface area contributed by atoms with E-state index in [0.29, 0.717) is 6.54 Å². The van der Waals surface area contributed by atoms with Crippen molar-refractivity contribution in [3.05, 3.63) is 59.6 Å². The molecule has 3 aromatic rings. The van der Waals surface area contributed by atoms with Crippen molar-refractivity contribution in [1.82, 2.24) is 9.88 Å². The molecule has 0 aliphatic carbocycles. The Bertz CT molecular complexity index is 949. The molecule has 1 aromatic heterocycles. The lowest BCUT2D eigenvalue weighted by Crippen LogP contribution is -2.28. The molecular weight excluding hydrogens is 356 g/mol. The lowest BCUT2D eigenvalue weighted by atomic mass is 10.3. The number of carbonyl (C=O) groups excluding carboxylic acids is 1. The van der Waals surface area contributed by atoms with Gasteiger partial charge in [0.2, 0.25) is 5.91 Å². The van der Waals surface area contributed by atoms with Crippen molar-refractivity contribution in [2.24, 2.45) is 0 Å². The van der Waals surface area contributed by atoms with Crippen LogP contribution in [0.3, 0.4) is 0 Å². The van der Waals surface area contributed by atoms with Gasteiger partial charge in [0.15, 0.2) is 9.84 Å². The highest BCUT2D eigenvalue weighted by Gasteiger charge is 2.18. The second-order valence-corrected chi connectivity index (χ2v) is 8.93. The second kappa shape index (κ2) is 7.33. The topological polar surface area (TPSA) is 67.3 Å². The van der Waals surface area contributed by atoms with E-state index in [4.69, 9.17) is 0 Å². The molecule has 0 spiro atoms. The van der Waals surface area contributed by atoms with Crippen molar-refractivity contribution in [2.75, 3.05) is 12.8 Å². The maximum Gasteiger partial charge on any atom is 0.223 e. The summed E-state index contributed by atoms with van der Waals surface area (Å²) in [6.45, 7) is 0.379. The van der Waals surface area contributed by atoms with Gasteiger partial charge in [-0.25, -0.2) is 13.4 Å². The van der Waals surface area contributed by atoms with E-state index >= 15 is 0 Å². The van der Waals surface area contributed by atoms with Crippen molar-refractivity contribution >= 4 is 37.3 Å². The number of carbonyl (C=O) groups is 1. The average molecular weight is 374 g/mol. The largest absolute Gasteiger partial charge is 0.339 e. The van der Waals surface area contributed by atoms with Crippen molar-refractivity contribution < 1.29 is 13.2 Å². The van der Waals surface area contributed by atoms with Crippen molar-refractivity contribution in [3.63, 3.8) is 0 Å². The van der Waals surface area contributed by atoms with E-state index in [9.17, 15) is 13.2 Å². The zero-order valence-electron chi connectivity index (χ0n) is 13.8. The average Bonchev–Trinajstić information content (AvgIpc) is 3.02. The molecule has 0 saturated heterocycles. The highest BCUT2D eigenvalue weighted by atomic mass is 32.2. The fourth-order valence-corrected chi connectivity index (χ4v) is 4.71.